The maximum Gasteiger partial charge on any atom is 0.276 e. The van der Waals surface area contributed by atoms with Crippen LogP contribution in [0.4, 0.5) is 23.0 Å². The third kappa shape index (κ3) is 5.33. The number of aliphatic hydroxyl groups is 1. The first-order valence-corrected chi connectivity index (χ1v) is 11.8. The molecule has 0 aliphatic heterocycles. The number of carbonyl (C=O) groups is 1. The second-order valence-electron chi connectivity index (χ2n) is 8.64. The van der Waals surface area contributed by atoms with E-state index >= 15 is 0 Å². The van der Waals surface area contributed by atoms with Crippen molar-refractivity contribution >= 4 is 46.2 Å². The van der Waals surface area contributed by atoms with E-state index in [9.17, 15) is 9.90 Å². The number of carbonyl (C=O) groups excluding carboxylic acids is 1. The van der Waals surface area contributed by atoms with Gasteiger partial charge in [-0.05, 0) is 56.4 Å². The van der Waals surface area contributed by atoms with Gasteiger partial charge in [-0.3, -0.25) is 4.79 Å². The molecule has 4 N–H and O–H groups in total. The molecule has 0 unspecified atom stereocenters. The fourth-order valence-electron chi connectivity index (χ4n) is 4.07. The molecule has 1 amide bonds. The Morgan fingerprint density at radius 2 is 1.89 bits per heavy atom. The van der Waals surface area contributed by atoms with Crippen LogP contribution >= 0.6 is 11.6 Å². The van der Waals surface area contributed by atoms with Crippen molar-refractivity contribution in [3.63, 3.8) is 0 Å². The first-order chi connectivity index (χ1) is 16.9. The van der Waals surface area contributed by atoms with Crippen molar-refractivity contribution in [2.75, 3.05) is 16.0 Å². The SMILES string of the molecule is Cc1ccc(Nc2cc(NC3CCC(O)CC3)nn3c(C(=O)Nc4ccnc(Cl)c4)cnc23)nc1. The van der Waals surface area contributed by atoms with Gasteiger partial charge in [0.25, 0.3) is 5.91 Å². The lowest BCUT2D eigenvalue weighted by Gasteiger charge is -2.26. The fourth-order valence-corrected chi connectivity index (χ4v) is 4.24. The summed E-state index contributed by atoms with van der Waals surface area (Å²) in [7, 11) is 0. The average molecular weight is 493 g/mol. The molecule has 4 aromatic heterocycles. The number of anilines is 4. The first-order valence-electron chi connectivity index (χ1n) is 11.4. The quantitative estimate of drug-likeness (QED) is 0.295. The summed E-state index contributed by atoms with van der Waals surface area (Å²) < 4.78 is 1.51. The first kappa shape index (κ1) is 23.0. The van der Waals surface area contributed by atoms with Crippen molar-refractivity contribution in [1.29, 1.82) is 0 Å². The number of aliphatic hydroxyl groups excluding tert-OH is 1. The van der Waals surface area contributed by atoms with Crippen LogP contribution in [0.5, 0.6) is 0 Å². The zero-order valence-corrected chi connectivity index (χ0v) is 19.8. The van der Waals surface area contributed by atoms with Crippen molar-refractivity contribution in [3.8, 4) is 0 Å². The highest BCUT2D eigenvalue weighted by molar-refractivity contribution is 6.29. The summed E-state index contributed by atoms with van der Waals surface area (Å²) in [5.41, 5.74) is 2.96. The molecule has 0 bridgehead atoms. The van der Waals surface area contributed by atoms with Crippen molar-refractivity contribution < 1.29 is 9.90 Å². The number of aromatic nitrogens is 5. The molecule has 5 rings (SSSR count). The normalized spacial score (nSPS) is 17.8. The van der Waals surface area contributed by atoms with Gasteiger partial charge in [-0.15, -0.1) is 5.10 Å². The topological polar surface area (TPSA) is 129 Å². The summed E-state index contributed by atoms with van der Waals surface area (Å²) in [4.78, 5) is 25.9. The van der Waals surface area contributed by atoms with Crippen LogP contribution in [-0.4, -0.2) is 47.7 Å². The smallest absolute Gasteiger partial charge is 0.276 e. The maximum absolute atomic E-state index is 13.1. The Bertz CT molecular complexity index is 1350. The lowest BCUT2D eigenvalue weighted by Crippen LogP contribution is -2.29. The second kappa shape index (κ2) is 9.85. The number of halogens is 1. The van der Waals surface area contributed by atoms with E-state index in [1.54, 1.807) is 18.3 Å². The van der Waals surface area contributed by atoms with E-state index in [2.05, 4.69) is 36.0 Å². The van der Waals surface area contributed by atoms with Gasteiger partial charge in [-0.1, -0.05) is 17.7 Å². The fraction of sp³-hybridized carbons (Fsp3) is 0.292. The summed E-state index contributed by atoms with van der Waals surface area (Å²) in [5, 5.41) is 24.3. The maximum atomic E-state index is 13.1. The highest BCUT2D eigenvalue weighted by Crippen LogP contribution is 2.27. The van der Waals surface area contributed by atoms with E-state index in [4.69, 9.17) is 11.6 Å². The lowest BCUT2D eigenvalue weighted by atomic mass is 9.93. The van der Waals surface area contributed by atoms with Gasteiger partial charge in [0.15, 0.2) is 11.3 Å². The molecule has 0 atom stereocenters. The van der Waals surface area contributed by atoms with E-state index in [1.807, 2.05) is 25.1 Å². The van der Waals surface area contributed by atoms with Crippen molar-refractivity contribution in [3.05, 3.63) is 65.3 Å². The minimum atomic E-state index is -0.385. The third-order valence-electron chi connectivity index (χ3n) is 5.91. The molecule has 0 aromatic carbocycles. The molecule has 1 fully saturated rings. The molecule has 4 heterocycles. The molecule has 10 nitrogen and oxygen atoms in total. The number of hydrogen-bond acceptors (Lipinski definition) is 8. The van der Waals surface area contributed by atoms with Crippen LogP contribution in [-0.2, 0) is 0 Å². The Morgan fingerprint density at radius 1 is 1.06 bits per heavy atom. The lowest BCUT2D eigenvalue weighted by molar-refractivity contribution is 0.102. The van der Waals surface area contributed by atoms with Gasteiger partial charge in [0, 0.05) is 30.2 Å². The highest BCUT2D eigenvalue weighted by atomic mass is 35.5. The molecule has 0 radical (unpaired) electrons. The molecular formula is C24H25ClN8O2. The predicted molar refractivity (Wildman–Crippen MR) is 134 cm³/mol. The summed E-state index contributed by atoms with van der Waals surface area (Å²) in [6, 6.07) is 9.10. The molecule has 0 spiro atoms. The van der Waals surface area contributed by atoms with E-state index in [-0.39, 0.29) is 28.9 Å². The summed E-state index contributed by atoms with van der Waals surface area (Å²) in [6.45, 7) is 1.97. The summed E-state index contributed by atoms with van der Waals surface area (Å²) >= 11 is 5.95. The van der Waals surface area contributed by atoms with Gasteiger partial charge >= 0.3 is 0 Å². The minimum absolute atomic E-state index is 0.174. The van der Waals surface area contributed by atoms with Gasteiger partial charge in [-0.25, -0.2) is 19.5 Å². The molecule has 1 aliphatic rings. The Morgan fingerprint density at radius 3 is 2.63 bits per heavy atom. The van der Waals surface area contributed by atoms with Gasteiger partial charge in [0.05, 0.1) is 18.0 Å². The van der Waals surface area contributed by atoms with Crippen LogP contribution in [0.25, 0.3) is 5.65 Å². The van der Waals surface area contributed by atoms with Gasteiger partial charge in [0.2, 0.25) is 0 Å². The minimum Gasteiger partial charge on any atom is -0.393 e. The Hall–Kier alpha value is -3.76. The van der Waals surface area contributed by atoms with E-state index < -0.39 is 0 Å². The molecule has 1 aliphatic carbocycles. The monoisotopic (exact) mass is 492 g/mol. The van der Waals surface area contributed by atoms with Gasteiger partial charge in [0.1, 0.15) is 16.8 Å². The number of pyridine rings is 2. The average Bonchev–Trinajstić information content (AvgIpc) is 3.26. The second-order valence-corrected chi connectivity index (χ2v) is 9.03. The molecule has 180 valence electrons. The standard InChI is InChI=1S/C24H25ClN8O2/c1-14-2-7-21(27-12-14)31-18-11-22(29-15-3-5-17(34)6-4-15)32-33-19(13-28-23(18)33)24(35)30-16-8-9-26-20(25)10-16/h2,7-13,15,17,34H,3-6H2,1H3,(H,27,31)(H,29,32)(H,26,30,35). The molecule has 11 heteroatoms. The summed E-state index contributed by atoms with van der Waals surface area (Å²) in [5.74, 6) is 0.855. The van der Waals surface area contributed by atoms with Crippen LogP contribution in [0.15, 0.2) is 48.9 Å². The van der Waals surface area contributed by atoms with Crippen molar-refractivity contribution in [2.24, 2.45) is 0 Å². The number of imidazole rings is 1. The number of rotatable bonds is 6. The van der Waals surface area contributed by atoms with Crippen LogP contribution in [0.1, 0.15) is 41.7 Å². The van der Waals surface area contributed by atoms with Crippen LogP contribution in [0, 0.1) is 6.92 Å². The molecule has 4 aromatic rings. The van der Waals surface area contributed by atoms with Crippen molar-refractivity contribution in [1.82, 2.24) is 24.6 Å². The zero-order valence-electron chi connectivity index (χ0n) is 19.1. The van der Waals surface area contributed by atoms with Crippen LogP contribution in [0.3, 0.4) is 0 Å². The number of amides is 1. The van der Waals surface area contributed by atoms with Crippen LogP contribution < -0.4 is 16.0 Å². The number of aryl methyl sites for hydroxylation is 1. The summed E-state index contributed by atoms with van der Waals surface area (Å²) in [6.07, 6.45) is 7.68. The largest absolute Gasteiger partial charge is 0.393 e. The molecular weight excluding hydrogens is 468 g/mol. The van der Waals surface area contributed by atoms with Gasteiger partial charge in [-0.2, -0.15) is 0 Å². The number of nitrogens with zero attached hydrogens (tertiary/aromatic N) is 5. The Balaban J connectivity index is 1.49. The number of fused-ring (bicyclic) bond motifs is 1. The zero-order chi connectivity index (χ0) is 24.4. The molecule has 1 saturated carbocycles. The van der Waals surface area contributed by atoms with Crippen LogP contribution in [0.2, 0.25) is 5.15 Å². The van der Waals surface area contributed by atoms with E-state index in [1.165, 1.54) is 16.9 Å². The number of nitrogens with one attached hydrogen (secondary N) is 3. The third-order valence-corrected chi connectivity index (χ3v) is 6.11. The predicted octanol–water partition coefficient (Wildman–Crippen LogP) is 4.19. The molecule has 35 heavy (non-hydrogen) atoms. The Kier molecular flexibility index (Phi) is 6.47. The molecule has 0 saturated heterocycles. The highest BCUT2D eigenvalue weighted by Gasteiger charge is 2.22. The van der Waals surface area contributed by atoms with Gasteiger partial charge < -0.3 is 21.1 Å². The Labute approximate surface area is 206 Å². The van der Waals surface area contributed by atoms with Crippen molar-refractivity contribution in [2.45, 2.75) is 44.8 Å². The van der Waals surface area contributed by atoms with E-state index in [0.29, 0.717) is 28.7 Å². The van der Waals surface area contributed by atoms with E-state index in [0.717, 1.165) is 31.2 Å². The number of hydrogen-bond donors (Lipinski definition) is 4.